The average molecular weight is 1310 g/mol. The van der Waals surface area contributed by atoms with Crippen LogP contribution in [-0.4, -0.2) is 174 Å². The number of rotatable bonds is 36. The first kappa shape index (κ1) is 72.5. The summed E-state index contributed by atoms with van der Waals surface area (Å²) in [5.74, 6) is -13.7. The molecule has 0 spiro atoms. The van der Waals surface area contributed by atoms with Gasteiger partial charge < -0.3 is 101 Å². The number of carboxylic acid groups (broad SMARTS) is 2. The summed E-state index contributed by atoms with van der Waals surface area (Å²) in [5.41, 5.74) is 19.2. The molecule has 0 aliphatic heterocycles. The average Bonchev–Trinajstić information content (AvgIpc) is 1.75. The van der Waals surface area contributed by atoms with Crippen molar-refractivity contribution in [3.63, 3.8) is 0 Å². The molecule has 0 aliphatic carbocycles. The molecule has 31 heteroatoms. The number of carboxylic acids is 2. The molecule has 9 atom stereocenters. The first-order chi connectivity index (χ1) is 45.2. The Kier molecular flexibility index (Phi) is 26.9. The second-order valence-corrected chi connectivity index (χ2v) is 22.2. The number of aliphatic hydroxyl groups is 1. The summed E-state index contributed by atoms with van der Waals surface area (Å²) < 4.78 is 0. The number of carbonyl (C=O) groups is 11. The lowest BCUT2D eigenvalue weighted by Crippen LogP contribution is -2.61. The van der Waals surface area contributed by atoms with Crippen LogP contribution >= 0.6 is 0 Å². The van der Waals surface area contributed by atoms with Crippen molar-refractivity contribution in [2.24, 2.45) is 17.2 Å². The monoisotopic (exact) mass is 1310 g/mol. The number of guanidine groups is 1. The Hall–Kier alpha value is -11.6. The number of benzene rings is 5. The lowest BCUT2D eigenvalue weighted by molar-refractivity contribution is -0.142. The zero-order valence-corrected chi connectivity index (χ0v) is 51.1. The van der Waals surface area contributed by atoms with Crippen LogP contribution in [0.4, 0.5) is 0 Å². The number of H-pyrrole nitrogens is 1. The Balaban J connectivity index is 1.33. The highest BCUT2D eigenvalue weighted by molar-refractivity contribution is 6.00. The normalized spacial score (nSPS) is 13.8. The maximum Gasteiger partial charge on any atom is 0.326 e. The minimum Gasteiger partial charge on any atom is -0.508 e. The molecule has 6 aromatic rings. The highest BCUT2D eigenvalue weighted by Gasteiger charge is 2.37. The number of aromatic amines is 1. The number of amides is 9. The summed E-state index contributed by atoms with van der Waals surface area (Å²) in [6, 6.07) is 16.2. The predicted octanol–water partition coefficient (Wildman–Crippen LogP) is -2.31. The third-order valence-corrected chi connectivity index (χ3v) is 14.9. The zero-order valence-electron chi connectivity index (χ0n) is 51.1. The minimum absolute atomic E-state index is 0.0107. The Bertz CT molecular complexity index is 3690. The van der Waals surface area contributed by atoms with E-state index in [4.69, 9.17) is 22.6 Å². The van der Waals surface area contributed by atoms with Crippen molar-refractivity contribution in [1.82, 2.24) is 52.8 Å². The molecule has 5 aromatic carbocycles. The fourth-order valence-corrected chi connectivity index (χ4v) is 9.88. The molecular formula is C64H76N14O17. The molecule has 0 saturated carbocycles. The van der Waals surface area contributed by atoms with Crippen LogP contribution < -0.4 is 65.1 Å². The van der Waals surface area contributed by atoms with Crippen molar-refractivity contribution >= 4 is 82.0 Å². The third kappa shape index (κ3) is 23.2. The number of primary amides is 1. The van der Waals surface area contributed by atoms with Crippen LogP contribution in [0.5, 0.6) is 17.2 Å². The van der Waals surface area contributed by atoms with Crippen molar-refractivity contribution in [1.29, 1.82) is 5.41 Å². The van der Waals surface area contributed by atoms with Gasteiger partial charge in [-0.3, -0.25) is 53.4 Å². The number of aliphatic carboxylic acids is 2. The molecule has 504 valence electrons. The molecule has 0 aliphatic rings. The smallest absolute Gasteiger partial charge is 0.326 e. The first-order valence-electron chi connectivity index (χ1n) is 29.8. The lowest BCUT2D eigenvalue weighted by atomic mass is 10.00. The number of para-hydroxylation sites is 1. The Morgan fingerprint density at radius 1 is 0.442 bits per heavy atom. The SMILES string of the molecule is N=C(N)NCCC[C@H](NC(=O)[C@H](Cc1ccc(O)cc1)NC(=O)[C@H](Cc1c[nH]c2ccccc12)NC(=O)[C@H](Cc1ccc(O)cc1)NC(=O)[C@H](CC(=O)O)NC(=O)[C@H](Cc1ccc(O)cc1)NC(=O)[C@@H](N)CC(N)=O)C(=O)N[C@@H](CO)C(=O)N[C@@H](Cc1ccccc1)C(=O)O. The fraction of sp³-hybridized carbons (Fsp3) is 0.312. The molecule has 95 heavy (non-hydrogen) atoms. The van der Waals surface area contributed by atoms with Crippen LogP contribution in [-0.2, 0) is 84.8 Å². The van der Waals surface area contributed by atoms with Gasteiger partial charge in [0.15, 0.2) is 5.96 Å². The number of phenolic OH excluding ortho intramolecular Hbond substituents is 3. The summed E-state index contributed by atoms with van der Waals surface area (Å²) in [6.07, 6.45) is -2.01. The van der Waals surface area contributed by atoms with Crippen molar-refractivity contribution in [3.05, 3.63) is 161 Å². The highest BCUT2D eigenvalue weighted by atomic mass is 16.4. The molecule has 9 amide bonds. The summed E-state index contributed by atoms with van der Waals surface area (Å²) in [6.45, 7) is -1.05. The maximum absolute atomic E-state index is 15.2. The number of phenols is 3. The van der Waals surface area contributed by atoms with Gasteiger partial charge in [0.1, 0.15) is 65.6 Å². The number of aromatic nitrogens is 1. The summed E-state index contributed by atoms with van der Waals surface area (Å²) in [7, 11) is 0. The van der Waals surface area contributed by atoms with Crippen molar-refractivity contribution in [2.75, 3.05) is 13.2 Å². The fourth-order valence-electron chi connectivity index (χ4n) is 9.88. The molecule has 0 unspecified atom stereocenters. The van der Waals surface area contributed by atoms with E-state index in [2.05, 4.69) is 52.8 Å². The first-order valence-corrected chi connectivity index (χ1v) is 29.8. The number of aromatic hydroxyl groups is 3. The van der Waals surface area contributed by atoms with Gasteiger partial charge in [-0.15, -0.1) is 0 Å². The Morgan fingerprint density at radius 2 is 0.821 bits per heavy atom. The number of nitrogens with one attached hydrogen (secondary N) is 11. The van der Waals surface area contributed by atoms with Gasteiger partial charge >= 0.3 is 11.9 Å². The largest absolute Gasteiger partial charge is 0.508 e. The van der Waals surface area contributed by atoms with E-state index in [0.29, 0.717) is 38.7 Å². The van der Waals surface area contributed by atoms with E-state index < -0.39 is 151 Å². The molecule has 6 rings (SSSR count). The highest BCUT2D eigenvalue weighted by Crippen LogP contribution is 2.21. The zero-order chi connectivity index (χ0) is 69.3. The van der Waals surface area contributed by atoms with Gasteiger partial charge in [0.05, 0.1) is 25.5 Å². The van der Waals surface area contributed by atoms with Gasteiger partial charge in [0, 0.05) is 55.7 Å². The lowest BCUT2D eigenvalue weighted by Gasteiger charge is -2.28. The van der Waals surface area contributed by atoms with Gasteiger partial charge in [-0.1, -0.05) is 84.9 Å². The van der Waals surface area contributed by atoms with Crippen LogP contribution in [0.1, 0.15) is 53.5 Å². The number of aliphatic hydroxyl groups excluding tert-OH is 1. The van der Waals surface area contributed by atoms with Gasteiger partial charge in [0.25, 0.3) is 0 Å². The minimum atomic E-state index is -2.00. The second-order valence-electron chi connectivity index (χ2n) is 22.2. The van der Waals surface area contributed by atoms with Crippen LogP contribution in [0.3, 0.4) is 0 Å². The molecule has 1 aromatic heterocycles. The molecule has 1 heterocycles. The van der Waals surface area contributed by atoms with Gasteiger partial charge in [-0.05, 0) is 83.1 Å². The molecule has 23 N–H and O–H groups in total. The maximum atomic E-state index is 15.2. The van der Waals surface area contributed by atoms with Crippen LogP contribution in [0, 0.1) is 5.41 Å². The Morgan fingerprint density at radius 3 is 1.28 bits per heavy atom. The van der Waals surface area contributed by atoms with E-state index in [1.54, 1.807) is 60.8 Å². The molecule has 0 radical (unpaired) electrons. The molecule has 0 saturated heterocycles. The summed E-state index contributed by atoms with van der Waals surface area (Å²) in [5, 5.41) is 91.2. The van der Waals surface area contributed by atoms with Crippen molar-refractivity contribution in [2.45, 2.75) is 112 Å². The number of nitrogens with two attached hydrogens (primary N) is 3. The number of hydrogen-bond donors (Lipinski definition) is 20. The molecule has 31 nitrogen and oxygen atoms in total. The quantitative estimate of drug-likeness (QED) is 0.0112. The number of fused-ring (bicyclic) bond motifs is 1. The van der Waals surface area contributed by atoms with Gasteiger partial charge in [-0.25, -0.2) is 4.79 Å². The van der Waals surface area contributed by atoms with Gasteiger partial charge in [-0.2, -0.15) is 0 Å². The van der Waals surface area contributed by atoms with E-state index in [1.807, 2.05) is 0 Å². The van der Waals surface area contributed by atoms with Gasteiger partial charge in [0.2, 0.25) is 53.2 Å². The summed E-state index contributed by atoms with van der Waals surface area (Å²) in [4.78, 5) is 154. The van der Waals surface area contributed by atoms with E-state index >= 15 is 9.59 Å². The van der Waals surface area contributed by atoms with E-state index in [0.717, 1.165) is 0 Å². The Labute approximate surface area is 542 Å². The van der Waals surface area contributed by atoms with Crippen LogP contribution in [0.15, 0.2) is 134 Å². The molecule has 0 fully saturated rings. The molecule has 0 bridgehead atoms. The third-order valence-electron chi connectivity index (χ3n) is 14.9. The van der Waals surface area contributed by atoms with E-state index in [9.17, 15) is 73.8 Å². The van der Waals surface area contributed by atoms with E-state index in [-0.39, 0.29) is 62.3 Å². The van der Waals surface area contributed by atoms with Crippen molar-refractivity contribution in [3.8, 4) is 17.2 Å². The second kappa shape index (κ2) is 35.3. The number of carbonyl (C=O) groups excluding carboxylic acids is 9. The van der Waals surface area contributed by atoms with Crippen LogP contribution in [0.2, 0.25) is 0 Å². The standard InChI is InChI=1S/C64H76N14O17/c65-43(30-53(66)83)55(86)72-46(25-35-12-18-39(80)19-13-35)58(89)76-50(31-54(84)85)61(92)74-48(27-37-16-22-41(82)23-17-37)59(90)75-49(29-38-32-70-44-10-5-4-9-42(38)44)60(91)73-47(26-36-14-20-40(81)21-15-36)57(88)71-45(11-6-24-69-64(67)68)56(87)78-52(33-79)62(93)77-51(63(94)95)28-34-7-2-1-3-8-34/h1-5,7-10,12-23,32,43,45-52,70,79-82H,6,11,24-31,33,65H2,(H2,66,83)(H,71,88)(H,72,86)(H,73,91)(H,74,92)(H,75,90)(H,76,89)(H,77,93)(H,78,87)(H,84,85)(H,94,95)(H4,67,68,69)/t43-,45-,46-,47-,48-,49-,50-,51-,52-/m0/s1. The summed E-state index contributed by atoms with van der Waals surface area (Å²) >= 11 is 0. The molecular weight excluding hydrogens is 1240 g/mol. The van der Waals surface area contributed by atoms with E-state index in [1.165, 1.54) is 72.8 Å². The van der Waals surface area contributed by atoms with Crippen molar-refractivity contribution < 1.29 is 83.4 Å². The van der Waals surface area contributed by atoms with Crippen LogP contribution in [0.25, 0.3) is 10.9 Å². The predicted molar refractivity (Wildman–Crippen MR) is 341 cm³/mol. The topological polar surface area (TPSA) is 535 Å². The number of hydrogen-bond acceptors (Lipinski definition) is 17.